The lowest BCUT2D eigenvalue weighted by Gasteiger charge is -2.21. The van der Waals surface area contributed by atoms with Crippen molar-refractivity contribution in [3.05, 3.63) is 0 Å². The zero-order valence-corrected chi connectivity index (χ0v) is 56.3. The smallest absolute Gasteiger partial charge is 0.462 e. The Morgan fingerprint density at radius 2 is 0.571 bits per heavy atom. The fourth-order valence-corrected chi connectivity index (χ4v) is 11.1. The van der Waals surface area contributed by atoms with Crippen LogP contribution in [0.5, 0.6) is 0 Å². The van der Waals surface area contributed by atoms with Gasteiger partial charge >= 0.3 is 39.5 Å². The van der Waals surface area contributed by atoms with Gasteiger partial charge in [0, 0.05) is 25.7 Å². The summed E-state index contributed by atoms with van der Waals surface area (Å²) in [4.78, 5) is 72.2. The van der Waals surface area contributed by atoms with E-state index < -0.39 is 97.5 Å². The van der Waals surface area contributed by atoms with Crippen LogP contribution < -0.4 is 0 Å². The molecular weight excluding hydrogens is 1110 g/mol. The summed E-state index contributed by atoms with van der Waals surface area (Å²) in [6.45, 7) is 14.0. The first-order chi connectivity index (χ1) is 40.2. The number of phosphoric ester groups is 2. The van der Waals surface area contributed by atoms with Crippen LogP contribution in [-0.4, -0.2) is 96.7 Å². The summed E-state index contributed by atoms with van der Waals surface area (Å²) in [6.07, 6.45) is 35.0. The standard InChI is InChI=1S/C65H126O17P2/c1-9-57(7)43-35-27-21-23-30-38-46-63(68)76-52-61(82-65(70)48-40-32-24-22-28-36-44-58(8)10-2)54-80-84(73,74)78-50-59(66)49-77-83(71,72)79-53-60(51-75-62(67)45-37-29-20-16-18-26-34-42-56(5)6)81-64(69)47-39-31-19-15-13-11-12-14-17-25-33-41-55(3)4/h55-61,66H,9-54H2,1-8H3,(H,71,72)(H,73,74)/t57?,58?,59?,60-,61-/m1/s1. The fourth-order valence-electron chi connectivity index (χ4n) is 9.54. The Bertz CT molecular complexity index is 1680. The van der Waals surface area contributed by atoms with Gasteiger partial charge in [-0.25, -0.2) is 9.13 Å². The lowest BCUT2D eigenvalue weighted by molar-refractivity contribution is -0.161. The van der Waals surface area contributed by atoms with E-state index in [0.717, 1.165) is 120 Å². The molecule has 0 radical (unpaired) electrons. The van der Waals surface area contributed by atoms with Crippen molar-refractivity contribution in [3.63, 3.8) is 0 Å². The van der Waals surface area contributed by atoms with Gasteiger partial charge in [-0.05, 0) is 49.4 Å². The van der Waals surface area contributed by atoms with Crippen molar-refractivity contribution in [2.24, 2.45) is 23.7 Å². The minimum absolute atomic E-state index is 0.101. The normalized spacial score (nSPS) is 15.1. The summed E-state index contributed by atoms with van der Waals surface area (Å²) in [5, 5.41) is 10.5. The van der Waals surface area contributed by atoms with E-state index in [-0.39, 0.29) is 25.7 Å². The van der Waals surface area contributed by atoms with Crippen LogP contribution in [0.15, 0.2) is 0 Å². The summed E-state index contributed by atoms with van der Waals surface area (Å²) >= 11 is 0. The molecule has 7 atom stereocenters. The molecule has 0 amide bonds. The Labute approximate surface area is 511 Å². The van der Waals surface area contributed by atoms with Crippen molar-refractivity contribution in [2.45, 2.75) is 331 Å². The van der Waals surface area contributed by atoms with E-state index in [2.05, 4.69) is 55.4 Å². The monoisotopic (exact) mass is 1240 g/mol. The number of hydrogen-bond acceptors (Lipinski definition) is 15. The maximum absolute atomic E-state index is 13.0. The first kappa shape index (κ1) is 82.1. The maximum atomic E-state index is 13.0. The molecule has 0 aliphatic heterocycles. The number of carbonyl (C=O) groups excluding carboxylic acids is 4. The van der Waals surface area contributed by atoms with Crippen LogP contribution in [0.2, 0.25) is 0 Å². The van der Waals surface area contributed by atoms with Crippen molar-refractivity contribution in [2.75, 3.05) is 39.6 Å². The molecule has 0 aromatic rings. The highest BCUT2D eigenvalue weighted by molar-refractivity contribution is 7.47. The number of rotatable bonds is 62. The quantitative estimate of drug-likeness (QED) is 0.0222. The highest BCUT2D eigenvalue weighted by atomic mass is 31.2. The minimum atomic E-state index is -4.95. The van der Waals surface area contributed by atoms with E-state index >= 15 is 0 Å². The molecule has 0 aromatic carbocycles. The zero-order valence-electron chi connectivity index (χ0n) is 54.5. The van der Waals surface area contributed by atoms with Gasteiger partial charge in [-0.15, -0.1) is 0 Å². The van der Waals surface area contributed by atoms with Crippen LogP contribution >= 0.6 is 15.6 Å². The predicted octanol–water partition coefficient (Wildman–Crippen LogP) is 17.8. The second-order valence-corrected chi connectivity index (χ2v) is 27.8. The van der Waals surface area contributed by atoms with Crippen LogP contribution in [0.4, 0.5) is 0 Å². The van der Waals surface area contributed by atoms with E-state index in [1.807, 2.05) is 0 Å². The number of carbonyl (C=O) groups is 4. The highest BCUT2D eigenvalue weighted by Gasteiger charge is 2.30. The first-order valence-corrected chi connectivity index (χ1v) is 36.8. The number of aliphatic hydroxyl groups excluding tert-OH is 1. The average molecular weight is 1240 g/mol. The van der Waals surface area contributed by atoms with Crippen LogP contribution in [0.1, 0.15) is 312 Å². The summed E-state index contributed by atoms with van der Waals surface area (Å²) in [5.74, 6) is 0.781. The highest BCUT2D eigenvalue weighted by Crippen LogP contribution is 2.45. The van der Waals surface area contributed by atoms with E-state index in [1.54, 1.807) is 0 Å². The molecule has 0 aromatic heterocycles. The van der Waals surface area contributed by atoms with Gasteiger partial charge in [0.25, 0.3) is 0 Å². The molecule has 5 unspecified atom stereocenters. The van der Waals surface area contributed by atoms with Crippen LogP contribution in [-0.2, 0) is 65.4 Å². The van der Waals surface area contributed by atoms with Crippen molar-refractivity contribution >= 4 is 39.5 Å². The van der Waals surface area contributed by atoms with E-state index in [4.69, 9.17) is 37.0 Å². The Hall–Kier alpha value is -1.94. The molecule has 0 rings (SSSR count). The molecule has 498 valence electrons. The van der Waals surface area contributed by atoms with Crippen molar-refractivity contribution < 1.29 is 80.2 Å². The second-order valence-electron chi connectivity index (χ2n) is 24.9. The van der Waals surface area contributed by atoms with Crippen LogP contribution in [0, 0.1) is 23.7 Å². The molecule has 0 bridgehead atoms. The third-order valence-corrected chi connectivity index (χ3v) is 17.4. The number of unbranched alkanes of at least 4 members (excludes halogenated alkanes) is 26. The van der Waals surface area contributed by atoms with Gasteiger partial charge < -0.3 is 33.8 Å². The number of ether oxygens (including phenoxy) is 4. The summed E-state index contributed by atoms with van der Waals surface area (Å²) in [5.41, 5.74) is 0. The molecule has 19 heteroatoms. The average Bonchev–Trinajstić information content (AvgIpc) is 3.47. The topological polar surface area (TPSA) is 237 Å². The number of esters is 4. The van der Waals surface area contributed by atoms with Gasteiger partial charge in [-0.2, -0.15) is 0 Å². The first-order valence-electron chi connectivity index (χ1n) is 33.8. The summed E-state index contributed by atoms with van der Waals surface area (Å²) in [7, 11) is -9.89. The molecule has 3 N–H and O–H groups in total. The van der Waals surface area contributed by atoms with Gasteiger partial charge in [0.2, 0.25) is 0 Å². The molecule has 0 saturated heterocycles. The summed E-state index contributed by atoms with van der Waals surface area (Å²) in [6, 6.07) is 0. The lowest BCUT2D eigenvalue weighted by atomic mass is 10.00. The molecule has 84 heavy (non-hydrogen) atoms. The largest absolute Gasteiger partial charge is 0.472 e. The summed E-state index contributed by atoms with van der Waals surface area (Å²) < 4.78 is 68.0. The third-order valence-electron chi connectivity index (χ3n) is 15.5. The van der Waals surface area contributed by atoms with Gasteiger partial charge in [-0.1, -0.05) is 261 Å². The molecular formula is C65H126O17P2. The number of hydrogen-bond donors (Lipinski definition) is 3. The Morgan fingerprint density at radius 3 is 0.845 bits per heavy atom. The maximum Gasteiger partial charge on any atom is 0.472 e. The Kier molecular flexibility index (Phi) is 53.9. The predicted molar refractivity (Wildman–Crippen MR) is 335 cm³/mol. The van der Waals surface area contributed by atoms with Crippen molar-refractivity contribution in [1.29, 1.82) is 0 Å². The molecule has 0 fully saturated rings. The number of phosphoric acid groups is 2. The zero-order chi connectivity index (χ0) is 62.5. The molecule has 0 spiro atoms. The Balaban J connectivity index is 5.26. The Morgan fingerprint density at radius 1 is 0.333 bits per heavy atom. The number of aliphatic hydroxyl groups is 1. The second kappa shape index (κ2) is 55.2. The molecule has 0 aliphatic carbocycles. The van der Waals surface area contributed by atoms with Gasteiger partial charge in [0.05, 0.1) is 26.4 Å². The lowest BCUT2D eigenvalue weighted by Crippen LogP contribution is -2.30. The molecule has 0 saturated carbocycles. The molecule has 0 aliphatic rings. The third kappa shape index (κ3) is 56.6. The van der Waals surface area contributed by atoms with E-state index in [9.17, 15) is 43.2 Å². The van der Waals surface area contributed by atoms with Gasteiger partial charge in [-0.3, -0.25) is 37.3 Å². The SMILES string of the molecule is CCC(C)CCCCCCCCC(=O)OC[C@H](COP(=O)(O)OCC(O)COP(=O)(O)OC[C@@H](COC(=O)CCCCCCCCCC(C)C)OC(=O)CCCCCCCCCCCCCC(C)C)OC(=O)CCCCCCCCC(C)CC. The van der Waals surface area contributed by atoms with E-state index in [0.29, 0.717) is 31.6 Å². The van der Waals surface area contributed by atoms with Crippen molar-refractivity contribution in [3.8, 4) is 0 Å². The van der Waals surface area contributed by atoms with Gasteiger partial charge in [0.1, 0.15) is 19.3 Å². The molecule has 17 nitrogen and oxygen atoms in total. The van der Waals surface area contributed by atoms with Crippen LogP contribution in [0.25, 0.3) is 0 Å². The molecule has 0 heterocycles. The van der Waals surface area contributed by atoms with Crippen molar-refractivity contribution in [1.82, 2.24) is 0 Å². The minimum Gasteiger partial charge on any atom is -0.462 e. The van der Waals surface area contributed by atoms with Gasteiger partial charge in [0.15, 0.2) is 12.2 Å². The fraction of sp³-hybridized carbons (Fsp3) is 0.938. The van der Waals surface area contributed by atoms with E-state index in [1.165, 1.54) is 103 Å². The van der Waals surface area contributed by atoms with Crippen LogP contribution in [0.3, 0.4) is 0 Å².